The smallest absolute Gasteiger partial charge is 0.216 e. The SMILES string of the molecule is Cc1cc(/C=N\n2c(-c3ccccc3F)n[nH]c2=S)c(C)n1C[C@@H]1CCCO1. The Morgan fingerprint density at radius 3 is 2.96 bits per heavy atom. The van der Waals surface area contributed by atoms with Crippen molar-refractivity contribution < 1.29 is 9.13 Å². The molecule has 1 atom stereocenters. The Labute approximate surface area is 167 Å². The van der Waals surface area contributed by atoms with E-state index in [0.717, 1.165) is 42.9 Å². The summed E-state index contributed by atoms with van der Waals surface area (Å²) in [5, 5.41) is 11.3. The molecule has 0 saturated carbocycles. The maximum absolute atomic E-state index is 14.2. The Morgan fingerprint density at radius 1 is 1.39 bits per heavy atom. The van der Waals surface area contributed by atoms with Crippen LogP contribution in [0.15, 0.2) is 35.4 Å². The van der Waals surface area contributed by atoms with E-state index >= 15 is 0 Å². The van der Waals surface area contributed by atoms with E-state index in [0.29, 0.717) is 16.2 Å². The van der Waals surface area contributed by atoms with Gasteiger partial charge in [-0.3, -0.25) is 0 Å². The molecule has 1 aromatic carbocycles. The zero-order valence-electron chi connectivity index (χ0n) is 15.9. The fourth-order valence-corrected chi connectivity index (χ4v) is 3.75. The number of hydrogen-bond donors (Lipinski definition) is 1. The molecule has 8 heteroatoms. The summed E-state index contributed by atoms with van der Waals surface area (Å²) in [6.07, 6.45) is 4.22. The van der Waals surface area contributed by atoms with Crippen molar-refractivity contribution in [2.24, 2.45) is 5.10 Å². The molecule has 4 rings (SSSR count). The predicted molar refractivity (Wildman–Crippen MR) is 109 cm³/mol. The third-order valence-corrected chi connectivity index (χ3v) is 5.36. The van der Waals surface area contributed by atoms with Gasteiger partial charge in [-0.25, -0.2) is 9.49 Å². The Bertz CT molecular complexity index is 1070. The van der Waals surface area contributed by atoms with Gasteiger partial charge in [0.1, 0.15) is 5.82 Å². The van der Waals surface area contributed by atoms with Gasteiger partial charge in [0, 0.05) is 30.1 Å². The number of aryl methyl sites for hydroxylation is 1. The molecule has 146 valence electrons. The third-order valence-electron chi connectivity index (χ3n) is 5.10. The molecule has 3 heterocycles. The molecule has 0 unspecified atom stereocenters. The van der Waals surface area contributed by atoms with Gasteiger partial charge in [-0.05, 0) is 57.1 Å². The molecule has 0 amide bonds. The zero-order valence-corrected chi connectivity index (χ0v) is 16.7. The van der Waals surface area contributed by atoms with Crippen molar-refractivity contribution in [1.29, 1.82) is 0 Å². The molecule has 0 spiro atoms. The highest BCUT2D eigenvalue weighted by Crippen LogP contribution is 2.22. The van der Waals surface area contributed by atoms with Gasteiger partial charge >= 0.3 is 0 Å². The number of benzene rings is 1. The van der Waals surface area contributed by atoms with E-state index in [2.05, 4.69) is 39.8 Å². The second-order valence-electron chi connectivity index (χ2n) is 6.96. The van der Waals surface area contributed by atoms with Gasteiger partial charge in [0.25, 0.3) is 0 Å². The first kappa shape index (κ1) is 18.8. The van der Waals surface area contributed by atoms with E-state index in [1.165, 1.54) is 10.7 Å². The average molecular weight is 399 g/mol. The number of nitrogens with zero attached hydrogens (tertiary/aromatic N) is 4. The van der Waals surface area contributed by atoms with E-state index in [1.54, 1.807) is 24.4 Å². The van der Waals surface area contributed by atoms with Gasteiger partial charge in [-0.15, -0.1) is 0 Å². The number of aromatic amines is 1. The average Bonchev–Trinajstić information content (AvgIpc) is 3.38. The molecule has 0 bridgehead atoms. The monoisotopic (exact) mass is 399 g/mol. The Morgan fingerprint density at radius 2 is 2.21 bits per heavy atom. The molecule has 1 saturated heterocycles. The van der Waals surface area contributed by atoms with Crippen molar-refractivity contribution in [2.45, 2.75) is 39.3 Å². The lowest BCUT2D eigenvalue weighted by Gasteiger charge is -2.14. The summed E-state index contributed by atoms with van der Waals surface area (Å²) in [4.78, 5) is 0. The molecule has 6 nitrogen and oxygen atoms in total. The molecule has 1 N–H and O–H groups in total. The van der Waals surface area contributed by atoms with E-state index in [4.69, 9.17) is 17.0 Å². The van der Waals surface area contributed by atoms with E-state index in [9.17, 15) is 4.39 Å². The number of nitrogens with one attached hydrogen (secondary N) is 1. The largest absolute Gasteiger partial charge is 0.376 e. The van der Waals surface area contributed by atoms with Crippen LogP contribution in [0.3, 0.4) is 0 Å². The van der Waals surface area contributed by atoms with Crippen molar-refractivity contribution in [3.05, 3.63) is 57.9 Å². The highest BCUT2D eigenvalue weighted by molar-refractivity contribution is 7.71. The first-order chi connectivity index (χ1) is 13.5. The van der Waals surface area contributed by atoms with Crippen LogP contribution in [0.1, 0.15) is 29.8 Å². The maximum Gasteiger partial charge on any atom is 0.216 e. The summed E-state index contributed by atoms with van der Waals surface area (Å²) >= 11 is 5.28. The van der Waals surface area contributed by atoms with Crippen molar-refractivity contribution in [3.63, 3.8) is 0 Å². The minimum atomic E-state index is -0.373. The molecule has 2 aromatic heterocycles. The van der Waals surface area contributed by atoms with Gasteiger partial charge in [0.2, 0.25) is 4.77 Å². The van der Waals surface area contributed by atoms with Crippen LogP contribution >= 0.6 is 12.2 Å². The first-order valence-electron chi connectivity index (χ1n) is 9.29. The fourth-order valence-electron chi connectivity index (χ4n) is 3.57. The van der Waals surface area contributed by atoms with Gasteiger partial charge in [0.05, 0.1) is 17.9 Å². The fraction of sp³-hybridized carbons (Fsp3) is 0.350. The zero-order chi connectivity index (χ0) is 19.7. The number of aromatic nitrogens is 4. The lowest BCUT2D eigenvalue weighted by molar-refractivity contribution is 0.0962. The van der Waals surface area contributed by atoms with Crippen LogP contribution in [0.2, 0.25) is 0 Å². The van der Waals surface area contributed by atoms with Crippen molar-refractivity contribution in [3.8, 4) is 11.4 Å². The lowest BCUT2D eigenvalue weighted by atomic mass is 10.2. The summed E-state index contributed by atoms with van der Waals surface area (Å²) in [7, 11) is 0. The van der Waals surface area contributed by atoms with E-state index < -0.39 is 0 Å². The van der Waals surface area contributed by atoms with Gasteiger partial charge in [-0.2, -0.15) is 14.9 Å². The Hall–Kier alpha value is -2.58. The maximum atomic E-state index is 14.2. The van der Waals surface area contributed by atoms with Crippen LogP contribution in [0, 0.1) is 24.4 Å². The number of ether oxygens (including phenoxy) is 1. The van der Waals surface area contributed by atoms with Crippen molar-refractivity contribution >= 4 is 18.4 Å². The molecule has 0 radical (unpaired) electrons. The predicted octanol–water partition coefficient (Wildman–Crippen LogP) is 4.23. The summed E-state index contributed by atoms with van der Waals surface area (Å²) in [6, 6.07) is 8.51. The molecule has 0 aliphatic carbocycles. The first-order valence-corrected chi connectivity index (χ1v) is 9.70. The minimum absolute atomic E-state index is 0.268. The highest BCUT2D eigenvalue weighted by Gasteiger charge is 2.19. The van der Waals surface area contributed by atoms with Gasteiger partial charge in [-0.1, -0.05) is 12.1 Å². The van der Waals surface area contributed by atoms with E-state index in [-0.39, 0.29) is 11.9 Å². The number of halogens is 1. The van der Waals surface area contributed by atoms with Crippen LogP contribution < -0.4 is 0 Å². The molecule has 28 heavy (non-hydrogen) atoms. The second kappa shape index (κ2) is 7.81. The van der Waals surface area contributed by atoms with Gasteiger partial charge in [0.15, 0.2) is 5.82 Å². The molecular formula is C20H22FN5OS. The standard InChI is InChI=1S/C20H22FN5OS/c1-13-10-15(14(2)25(13)12-16-6-5-9-27-16)11-22-26-19(23-24-20(26)28)17-7-3-4-8-18(17)21/h3-4,7-8,10-11,16H,5-6,9,12H2,1-2H3,(H,24,28)/b22-11-/t16-/m0/s1. The molecule has 3 aromatic rings. The normalized spacial score (nSPS) is 17.0. The molecular weight excluding hydrogens is 377 g/mol. The molecule has 1 aliphatic rings. The number of hydrogen-bond acceptors (Lipinski definition) is 4. The molecule has 1 fully saturated rings. The minimum Gasteiger partial charge on any atom is -0.376 e. The number of rotatable bonds is 5. The summed E-state index contributed by atoms with van der Waals surface area (Å²) < 4.78 is 23.9. The highest BCUT2D eigenvalue weighted by atomic mass is 32.1. The Balaban J connectivity index is 1.65. The Kier molecular flexibility index (Phi) is 5.23. The van der Waals surface area contributed by atoms with Crippen molar-refractivity contribution in [1.82, 2.24) is 19.4 Å². The summed E-state index contributed by atoms with van der Waals surface area (Å²) in [5.74, 6) is -0.0322. The second-order valence-corrected chi connectivity index (χ2v) is 7.35. The summed E-state index contributed by atoms with van der Waals surface area (Å²) in [5.41, 5.74) is 3.59. The topological polar surface area (TPSA) is 60.1 Å². The third kappa shape index (κ3) is 3.57. The van der Waals surface area contributed by atoms with Crippen LogP contribution in [-0.2, 0) is 11.3 Å². The van der Waals surface area contributed by atoms with E-state index in [1.807, 2.05) is 0 Å². The van der Waals surface area contributed by atoms with Crippen LogP contribution in [0.25, 0.3) is 11.4 Å². The lowest BCUT2D eigenvalue weighted by Crippen LogP contribution is -2.16. The van der Waals surface area contributed by atoms with Crippen LogP contribution in [-0.4, -0.2) is 38.4 Å². The summed E-state index contributed by atoms with van der Waals surface area (Å²) in [6.45, 7) is 5.83. The van der Waals surface area contributed by atoms with Crippen LogP contribution in [0.4, 0.5) is 4.39 Å². The number of H-pyrrole nitrogens is 1. The molecule has 1 aliphatic heterocycles. The quantitative estimate of drug-likeness (QED) is 0.516. The van der Waals surface area contributed by atoms with Crippen molar-refractivity contribution in [2.75, 3.05) is 6.61 Å². The van der Waals surface area contributed by atoms with Gasteiger partial charge < -0.3 is 9.30 Å². The van der Waals surface area contributed by atoms with Crippen LogP contribution in [0.5, 0.6) is 0 Å².